The summed E-state index contributed by atoms with van der Waals surface area (Å²) in [4.78, 5) is 55.2. The van der Waals surface area contributed by atoms with Crippen molar-refractivity contribution < 1.29 is 28.8 Å². The molecule has 4 amide bonds. The van der Waals surface area contributed by atoms with E-state index in [0.29, 0.717) is 11.3 Å². The molecule has 0 spiro atoms. The number of carbonyl (C=O) groups excluding carboxylic acids is 4. The van der Waals surface area contributed by atoms with Crippen molar-refractivity contribution >= 4 is 40.3 Å². The van der Waals surface area contributed by atoms with E-state index in [-0.39, 0.29) is 0 Å². The number of esters is 1. The van der Waals surface area contributed by atoms with E-state index in [1.165, 1.54) is 6.92 Å². The van der Waals surface area contributed by atoms with Gasteiger partial charge in [0.25, 0.3) is 0 Å². The number of imide groups is 2. The lowest BCUT2D eigenvalue weighted by Gasteiger charge is -2.30. The summed E-state index contributed by atoms with van der Waals surface area (Å²) in [6, 6.07) is 21.7. The molecule has 0 aromatic heterocycles. The molecule has 0 aliphatic carbocycles. The van der Waals surface area contributed by atoms with Crippen molar-refractivity contribution in [1.82, 2.24) is 10.6 Å². The minimum absolute atomic E-state index is 0.382. The van der Waals surface area contributed by atoms with Gasteiger partial charge in [-0.15, -0.1) is 0 Å². The zero-order chi connectivity index (χ0) is 24.6. The summed E-state index contributed by atoms with van der Waals surface area (Å²) < 4.78 is 5.50. The number of rotatable bonds is 5. The average molecular weight is 471 g/mol. The molecule has 2 aliphatic rings. The molecule has 176 valence electrons. The van der Waals surface area contributed by atoms with E-state index in [4.69, 9.17) is 9.57 Å². The van der Waals surface area contributed by atoms with E-state index in [1.807, 2.05) is 83.4 Å². The molecular formula is C26H21N3O6. The number of fused-ring (bicyclic) bond motifs is 1. The fourth-order valence-electron chi connectivity index (χ4n) is 4.14. The second-order valence-electron chi connectivity index (χ2n) is 8.63. The van der Waals surface area contributed by atoms with Gasteiger partial charge in [0.05, 0.1) is 0 Å². The van der Waals surface area contributed by atoms with E-state index in [9.17, 15) is 19.2 Å². The molecule has 5 rings (SSSR count). The Labute approximate surface area is 200 Å². The first-order chi connectivity index (χ1) is 16.9. The van der Waals surface area contributed by atoms with Crippen LogP contribution in [0.15, 0.2) is 78.0 Å². The van der Waals surface area contributed by atoms with Crippen LogP contribution in [-0.2, 0) is 24.0 Å². The van der Waals surface area contributed by atoms with E-state index >= 15 is 0 Å². The SMILES string of the molecule is CC1(COC(=O)[C@@H]2C(c3ccc4ccccc4c3)=NO[C@H]2c2ccccc2)C(=O)NC(=O)NC1=O. The first kappa shape index (κ1) is 22.3. The second kappa shape index (κ2) is 8.68. The molecule has 0 radical (unpaired) electrons. The number of urea groups is 1. The zero-order valence-electron chi connectivity index (χ0n) is 18.7. The molecule has 2 aliphatic heterocycles. The Morgan fingerprint density at radius 2 is 1.60 bits per heavy atom. The number of nitrogens with one attached hydrogen (secondary N) is 2. The van der Waals surface area contributed by atoms with Gasteiger partial charge in [0.1, 0.15) is 18.2 Å². The van der Waals surface area contributed by atoms with Crippen LogP contribution < -0.4 is 10.6 Å². The van der Waals surface area contributed by atoms with Gasteiger partial charge in [-0.3, -0.25) is 25.0 Å². The fraction of sp³-hybridized carbons (Fsp3) is 0.192. The fourth-order valence-corrected chi connectivity index (χ4v) is 4.14. The van der Waals surface area contributed by atoms with Crippen LogP contribution >= 0.6 is 0 Å². The minimum atomic E-state index is -1.76. The highest BCUT2D eigenvalue weighted by atomic mass is 16.6. The predicted molar refractivity (Wildman–Crippen MR) is 125 cm³/mol. The normalized spacial score (nSPS) is 21.1. The number of carbonyl (C=O) groups is 4. The lowest BCUT2D eigenvalue weighted by Crippen LogP contribution is -2.63. The van der Waals surface area contributed by atoms with Crippen molar-refractivity contribution in [1.29, 1.82) is 0 Å². The summed E-state index contributed by atoms with van der Waals surface area (Å²) in [7, 11) is 0. The number of ether oxygens (including phenoxy) is 1. The van der Waals surface area contributed by atoms with Crippen molar-refractivity contribution in [3.63, 3.8) is 0 Å². The van der Waals surface area contributed by atoms with E-state index in [0.717, 1.165) is 16.3 Å². The number of nitrogens with zero attached hydrogens (tertiary/aromatic N) is 1. The summed E-state index contributed by atoms with van der Waals surface area (Å²) in [6.45, 7) is 0.745. The summed E-state index contributed by atoms with van der Waals surface area (Å²) in [6.07, 6.45) is -0.756. The minimum Gasteiger partial charge on any atom is -0.463 e. The van der Waals surface area contributed by atoms with Gasteiger partial charge in [0.2, 0.25) is 11.8 Å². The third-order valence-corrected chi connectivity index (χ3v) is 6.25. The largest absolute Gasteiger partial charge is 0.463 e. The van der Waals surface area contributed by atoms with Gasteiger partial charge in [-0.2, -0.15) is 0 Å². The highest BCUT2D eigenvalue weighted by Crippen LogP contribution is 2.37. The van der Waals surface area contributed by atoms with Crippen molar-refractivity contribution in [3.8, 4) is 0 Å². The van der Waals surface area contributed by atoms with Gasteiger partial charge in [-0.1, -0.05) is 71.9 Å². The Morgan fingerprint density at radius 1 is 0.943 bits per heavy atom. The van der Waals surface area contributed by atoms with Crippen LogP contribution in [0.1, 0.15) is 24.2 Å². The maximum Gasteiger partial charge on any atom is 0.328 e. The van der Waals surface area contributed by atoms with Gasteiger partial charge in [0.15, 0.2) is 11.5 Å². The standard InChI is InChI=1S/C26H21N3O6/c1-26(23(31)27-25(33)28-24(26)32)14-34-22(30)19-20(29-35-21(19)16-8-3-2-4-9-16)18-12-11-15-7-5-6-10-17(15)13-18/h2-13,19,21H,14H2,1H3,(H2,27,28,31,32,33)/t19-,21+/m1/s1. The third-order valence-electron chi connectivity index (χ3n) is 6.25. The molecule has 35 heavy (non-hydrogen) atoms. The van der Waals surface area contributed by atoms with Gasteiger partial charge in [-0.05, 0) is 29.3 Å². The molecule has 1 fully saturated rings. The summed E-state index contributed by atoms with van der Waals surface area (Å²) in [5.74, 6) is -3.34. The zero-order valence-corrected chi connectivity index (χ0v) is 18.7. The topological polar surface area (TPSA) is 123 Å². The number of hydrogen-bond donors (Lipinski definition) is 2. The van der Waals surface area contributed by atoms with Gasteiger partial charge < -0.3 is 9.57 Å². The van der Waals surface area contributed by atoms with Crippen LogP contribution in [0.5, 0.6) is 0 Å². The molecule has 3 aromatic carbocycles. The van der Waals surface area contributed by atoms with Crippen molar-refractivity contribution in [2.75, 3.05) is 6.61 Å². The Kier molecular flexibility index (Phi) is 5.52. The first-order valence-electron chi connectivity index (χ1n) is 11.0. The number of oxime groups is 1. The molecule has 3 aromatic rings. The van der Waals surface area contributed by atoms with Crippen LogP contribution in [0.2, 0.25) is 0 Å². The molecule has 0 saturated carbocycles. The van der Waals surface area contributed by atoms with Gasteiger partial charge in [-0.25, -0.2) is 4.79 Å². The monoisotopic (exact) mass is 471 g/mol. The molecule has 1 saturated heterocycles. The Hall–Kier alpha value is -4.53. The predicted octanol–water partition coefficient (Wildman–Crippen LogP) is 2.85. The molecular weight excluding hydrogens is 450 g/mol. The van der Waals surface area contributed by atoms with E-state index < -0.39 is 47.9 Å². The number of hydrogen-bond acceptors (Lipinski definition) is 7. The quantitative estimate of drug-likeness (QED) is 0.436. The maximum absolute atomic E-state index is 13.4. The molecule has 9 heteroatoms. The number of barbiturate groups is 1. The van der Waals surface area contributed by atoms with Gasteiger partial charge >= 0.3 is 12.0 Å². The van der Waals surface area contributed by atoms with E-state index in [2.05, 4.69) is 5.16 Å². The molecule has 2 atom stereocenters. The maximum atomic E-state index is 13.4. The summed E-state index contributed by atoms with van der Waals surface area (Å²) in [5, 5.41) is 10.3. The molecule has 0 bridgehead atoms. The van der Waals surface area contributed by atoms with Crippen LogP contribution in [0, 0.1) is 11.3 Å². The third kappa shape index (κ3) is 4.01. The summed E-state index contributed by atoms with van der Waals surface area (Å²) in [5.41, 5.74) is 0.0337. The second-order valence-corrected chi connectivity index (χ2v) is 8.63. The van der Waals surface area contributed by atoms with Crippen LogP contribution in [0.3, 0.4) is 0 Å². The molecule has 9 nitrogen and oxygen atoms in total. The highest BCUT2D eigenvalue weighted by molar-refractivity contribution is 6.19. The molecule has 0 unspecified atom stereocenters. The summed E-state index contributed by atoms with van der Waals surface area (Å²) >= 11 is 0. The lowest BCUT2D eigenvalue weighted by molar-refractivity contribution is -0.158. The molecule has 2 heterocycles. The first-order valence-corrected chi connectivity index (χ1v) is 11.0. The van der Waals surface area contributed by atoms with Crippen molar-refractivity contribution in [2.24, 2.45) is 16.5 Å². The molecule has 2 N–H and O–H groups in total. The Morgan fingerprint density at radius 3 is 2.31 bits per heavy atom. The average Bonchev–Trinajstić information content (AvgIpc) is 3.31. The number of amides is 4. The Balaban J connectivity index is 1.45. The Bertz CT molecular complexity index is 1360. The van der Waals surface area contributed by atoms with Crippen molar-refractivity contribution in [3.05, 3.63) is 83.9 Å². The number of benzene rings is 3. The van der Waals surface area contributed by atoms with Crippen LogP contribution in [0.25, 0.3) is 10.8 Å². The van der Waals surface area contributed by atoms with E-state index in [1.54, 1.807) is 0 Å². The van der Waals surface area contributed by atoms with Crippen LogP contribution in [0.4, 0.5) is 4.79 Å². The highest BCUT2D eigenvalue weighted by Gasteiger charge is 2.49. The lowest BCUT2D eigenvalue weighted by atomic mass is 9.86. The smallest absolute Gasteiger partial charge is 0.328 e. The van der Waals surface area contributed by atoms with Gasteiger partial charge in [0, 0.05) is 5.56 Å². The van der Waals surface area contributed by atoms with Crippen molar-refractivity contribution in [2.45, 2.75) is 13.0 Å². The van der Waals surface area contributed by atoms with Crippen LogP contribution in [-0.4, -0.2) is 36.1 Å².